The van der Waals surface area contributed by atoms with Crippen molar-refractivity contribution in [3.8, 4) is 12.1 Å². The molecule has 3 heteroatoms. The number of hydrogen-bond acceptors (Lipinski definition) is 2. The molecule has 0 fully saturated rings. The number of nitriles is 2. The standard InChI is InChI=1S/2C7H4N.Pt/c2*8-6-7-4-2-1-3-5-7;/h2*1-4H;/q2*-1;+2. The fourth-order valence-electron chi connectivity index (χ4n) is 0.926. The van der Waals surface area contributed by atoms with Gasteiger partial charge in [-0.25, -0.2) is 0 Å². The van der Waals surface area contributed by atoms with Gasteiger partial charge in [0.25, 0.3) is 0 Å². The molecule has 0 heterocycles. The van der Waals surface area contributed by atoms with Crippen molar-refractivity contribution in [3.05, 3.63) is 71.8 Å². The minimum Gasteiger partial charge on any atom is -0.262 e. The number of nitrogens with zero attached hydrogens (tertiary/aromatic N) is 2. The van der Waals surface area contributed by atoms with Gasteiger partial charge in [0.2, 0.25) is 0 Å². The largest absolute Gasteiger partial charge is 2.00 e. The van der Waals surface area contributed by atoms with E-state index in [1.165, 1.54) is 0 Å². The van der Waals surface area contributed by atoms with Crippen molar-refractivity contribution in [2.24, 2.45) is 0 Å². The van der Waals surface area contributed by atoms with Crippen LogP contribution in [0.4, 0.5) is 0 Å². The molecule has 2 aromatic rings. The van der Waals surface area contributed by atoms with Crippen molar-refractivity contribution < 1.29 is 21.1 Å². The molecule has 0 aliphatic heterocycles. The molecule has 2 rings (SSSR count). The van der Waals surface area contributed by atoms with E-state index in [0.717, 1.165) is 0 Å². The smallest absolute Gasteiger partial charge is 0.262 e. The minimum atomic E-state index is 0. The molecule has 2 nitrogen and oxygen atoms in total. The van der Waals surface area contributed by atoms with Crippen molar-refractivity contribution in [2.75, 3.05) is 0 Å². The Hall–Kier alpha value is -1.89. The van der Waals surface area contributed by atoms with Gasteiger partial charge in [0, 0.05) is 0 Å². The second-order valence-electron chi connectivity index (χ2n) is 2.78. The molecule has 84 valence electrons. The van der Waals surface area contributed by atoms with Gasteiger partial charge in [0.1, 0.15) is 0 Å². The van der Waals surface area contributed by atoms with Crippen molar-refractivity contribution in [1.82, 2.24) is 0 Å². The summed E-state index contributed by atoms with van der Waals surface area (Å²) < 4.78 is 0. The molecule has 0 spiro atoms. The van der Waals surface area contributed by atoms with Crippen LogP contribution in [0.3, 0.4) is 0 Å². The third kappa shape index (κ3) is 6.31. The molecule has 0 bridgehead atoms. The van der Waals surface area contributed by atoms with Gasteiger partial charge in [-0.2, -0.15) is 0 Å². The Labute approximate surface area is 115 Å². The Kier molecular flexibility index (Phi) is 8.30. The average Bonchev–Trinajstić information content (AvgIpc) is 2.41. The molecular formula is C14H8N2Pt. The summed E-state index contributed by atoms with van der Waals surface area (Å²) in [6.07, 6.45) is 0. The van der Waals surface area contributed by atoms with E-state index < -0.39 is 0 Å². The maximum atomic E-state index is 8.26. The fourth-order valence-corrected chi connectivity index (χ4v) is 0.926. The minimum absolute atomic E-state index is 0. The number of benzene rings is 2. The molecule has 0 saturated heterocycles. The van der Waals surface area contributed by atoms with Crippen molar-refractivity contribution in [3.63, 3.8) is 0 Å². The van der Waals surface area contributed by atoms with Crippen molar-refractivity contribution in [1.29, 1.82) is 10.5 Å². The monoisotopic (exact) mass is 399 g/mol. The van der Waals surface area contributed by atoms with Gasteiger partial charge >= 0.3 is 21.1 Å². The molecule has 0 aliphatic rings. The first kappa shape index (κ1) is 15.1. The summed E-state index contributed by atoms with van der Waals surface area (Å²) in [5.41, 5.74) is 1.18. The molecule has 17 heavy (non-hydrogen) atoms. The molecule has 0 atom stereocenters. The normalized spacial score (nSPS) is 7.41. The van der Waals surface area contributed by atoms with Crippen LogP contribution < -0.4 is 0 Å². The van der Waals surface area contributed by atoms with Crippen LogP contribution >= 0.6 is 0 Å². The van der Waals surface area contributed by atoms with Gasteiger partial charge < -0.3 is 0 Å². The Morgan fingerprint density at radius 3 is 1.35 bits per heavy atom. The van der Waals surface area contributed by atoms with Gasteiger partial charge in [-0.05, 0) is 12.1 Å². The van der Waals surface area contributed by atoms with Crippen LogP contribution in [0.25, 0.3) is 0 Å². The summed E-state index contributed by atoms with van der Waals surface area (Å²) >= 11 is 0. The Morgan fingerprint density at radius 2 is 1.18 bits per heavy atom. The second-order valence-corrected chi connectivity index (χ2v) is 2.78. The molecule has 0 N–H and O–H groups in total. The molecule has 0 aliphatic carbocycles. The third-order valence-corrected chi connectivity index (χ3v) is 1.66. The summed E-state index contributed by atoms with van der Waals surface area (Å²) in [4.78, 5) is 0. The Bertz CT molecular complexity index is 446. The molecule has 0 aromatic heterocycles. The topological polar surface area (TPSA) is 47.6 Å². The molecule has 2 aromatic carbocycles. The molecule has 0 unspecified atom stereocenters. The first-order valence-corrected chi connectivity index (χ1v) is 4.60. The predicted octanol–water partition coefficient (Wildman–Crippen LogP) is 2.71. The number of rotatable bonds is 0. The zero-order valence-corrected chi connectivity index (χ0v) is 11.1. The number of hydrogen-bond donors (Lipinski definition) is 0. The summed E-state index contributed by atoms with van der Waals surface area (Å²) in [5, 5.41) is 16.5. The molecular weight excluding hydrogens is 391 g/mol. The van der Waals surface area contributed by atoms with Gasteiger partial charge in [0.05, 0.1) is 0 Å². The molecule has 0 radical (unpaired) electrons. The van der Waals surface area contributed by atoms with Crippen LogP contribution in [0.5, 0.6) is 0 Å². The second kappa shape index (κ2) is 9.34. The van der Waals surface area contributed by atoms with E-state index in [-0.39, 0.29) is 21.1 Å². The van der Waals surface area contributed by atoms with Gasteiger partial charge in [-0.1, -0.05) is 11.1 Å². The van der Waals surface area contributed by atoms with Crippen molar-refractivity contribution in [2.45, 2.75) is 0 Å². The van der Waals surface area contributed by atoms with Crippen LogP contribution in [0.15, 0.2) is 48.5 Å². The summed E-state index contributed by atoms with van der Waals surface area (Å²) in [7, 11) is 0. The van der Waals surface area contributed by atoms with Gasteiger partial charge in [0.15, 0.2) is 0 Å². The van der Waals surface area contributed by atoms with Crippen LogP contribution in [-0.4, -0.2) is 0 Å². The Morgan fingerprint density at radius 1 is 0.765 bits per heavy atom. The summed E-state index contributed by atoms with van der Waals surface area (Å²) in [5.74, 6) is 0. The maximum absolute atomic E-state index is 8.26. The van der Waals surface area contributed by atoms with E-state index in [2.05, 4.69) is 12.1 Å². The van der Waals surface area contributed by atoms with Gasteiger partial charge in [-0.3, -0.25) is 10.5 Å². The third-order valence-electron chi connectivity index (χ3n) is 1.66. The molecule has 0 amide bonds. The van der Waals surface area contributed by atoms with Crippen LogP contribution in [-0.2, 0) is 21.1 Å². The summed E-state index contributed by atoms with van der Waals surface area (Å²) in [6.45, 7) is 0. The van der Waals surface area contributed by atoms with Crippen molar-refractivity contribution >= 4 is 0 Å². The summed E-state index contributed by atoms with van der Waals surface area (Å²) in [6, 6.07) is 23.6. The van der Waals surface area contributed by atoms with Crippen LogP contribution in [0.2, 0.25) is 0 Å². The molecule has 0 saturated carbocycles. The zero-order chi connectivity index (χ0) is 11.6. The van der Waals surface area contributed by atoms with E-state index in [0.29, 0.717) is 11.1 Å². The first-order chi connectivity index (χ1) is 7.86. The Balaban J connectivity index is 0.000000284. The first-order valence-electron chi connectivity index (χ1n) is 4.60. The van der Waals surface area contributed by atoms with E-state index in [4.69, 9.17) is 10.5 Å². The van der Waals surface area contributed by atoms with Crippen LogP contribution in [0.1, 0.15) is 11.1 Å². The SMILES string of the molecule is N#Cc1[c-]cccc1.N#Cc1[c-]cccc1.[Pt+2]. The van der Waals surface area contributed by atoms with E-state index in [1.54, 1.807) is 24.3 Å². The zero-order valence-electron chi connectivity index (χ0n) is 8.83. The van der Waals surface area contributed by atoms with E-state index in [9.17, 15) is 0 Å². The van der Waals surface area contributed by atoms with Crippen LogP contribution in [0, 0.1) is 34.8 Å². The van der Waals surface area contributed by atoms with E-state index in [1.807, 2.05) is 36.4 Å². The average molecular weight is 399 g/mol. The maximum Gasteiger partial charge on any atom is 2.00 e. The fraction of sp³-hybridized carbons (Fsp3) is 0. The quantitative estimate of drug-likeness (QED) is 0.640. The predicted molar refractivity (Wildman–Crippen MR) is 60.0 cm³/mol. The van der Waals surface area contributed by atoms with Gasteiger partial charge in [-0.15, -0.1) is 60.7 Å². The van der Waals surface area contributed by atoms with E-state index >= 15 is 0 Å².